The maximum absolute atomic E-state index is 11.9. The third-order valence-electron chi connectivity index (χ3n) is 4.72. The van der Waals surface area contributed by atoms with Crippen molar-refractivity contribution in [3.63, 3.8) is 0 Å². The second-order valence-corrected chi connectivity index (χ2v) is 7.15. The summed E-state index contributed by atoms with van der Waals surface area (Å²) in [4.78, 5) is 11.9. The molecule has 21 heavy (non-hydrogen) atoms. The molecule has 0 bridgehead atoms. The maximum atomic E-state index is 11.9. The van der Waals surface area contributed by atoms with E-state index in [0.29, 0.717) is 18.3 Å². The summed E-state index contributed by atoms with van der Waals surface area (Å²) in [6.45, 7) is 4.20. The van der Waals surface area contributed by atoms with E-state index in [1.165, 1.54) is 32.1 Å². The molecule has 1 amide bonds. The quantitative estimate of drug-likeness (QED) is 0.644. The first-order valence-corrected chi connectivity index (χ1v) is 8.59. The van der Waals surface area contributed by atoms with Gasteiger partial charge in [-0.15, -0.1) is 0 Å². The summed E-state index contributed by atoms with van der Waals surface area (Å²) < 4.78 is 0. The van der Waals surface area contributed by atoms with Gasteiger partial charge in [-0.3, -0.25) is 4.79 Å². The van der Waals surface area contributed by atoms with Crippen LogP contribution in [-0.2, 0) is 4.79 Å². The Labute approximate surface area is 129 Å². The van der Waals surface area contributed by atoms with Crippen molar-refractivity contribution in [1.29, 1.82) is 0 Å². The number of hydrogen-bond donors (Lipinski definition) is 3. The largest absolute Gasteiger partial charge is 0.391 e. The van der Waals surface area contributed by atoms with Gasteiger partial charge in [0.1, 0.15) is 0 Å². The fraction of sp³-hybridized carbons (Fsp3) is 0.941. The van der Waals surface area contributed by atoms with E-state index in [-0.39, 0.29) is 17.9 Å². The van der Waals surface area contributed by atoms with E-state index in [1.807, 2.05) is 0 Å². The third kappa shape index (κ3) is 6.79. The predicted molar refractivity (Wildman–Crippen MR) is 86.8 cm³/mol. The molecule has 1 aliphatic rings. The van der Waals surface area contributed by atoms with Crippen molar-refractivity contribution < 1.29 is 9.90 Å². The van der Waals surface area contributed by atoms with Crippen LogP contribution in [0.2, 0.25) is 0 Å². The number of rotatable bonds is 8. The van der Waals surface area contributed by atoms with Gasteiger partial charge in [0.15, 0.2) is 0 Å². The summed E-state index contributed by atoms with van der Waals surface area (Å²) in [7, 11) is 1.66. The van der Waals surface area contributed by atoms with Gasteiger partial charge in [0, 0.05) is 19.0 Å². The Morgan fingerprint density at radius 1 is 1.24 bits per heavy atom. The van der Waals surface area contributed by atoms with E-state index < -0.39 is 6.10 Å². The van der Waals surface area contributed by atoms with Gasteiger partial charge < -0.3 is 16.2 Å². The molecule has 4 N–H and O–H groups in total. The molecule has 0 unspecified atom stereocenters. The molecular weight excluding hydrogens is 264 g/mol. The minimum Gasteiger partial charge on any atom is -0.391 e. The standard InChI is InChI=1S/C17H34N2O2/c1-12(2)9-14(17(21)19-3)11-16(20)15(18)10-13-7-5-4-6-8-13/h12-16,20H,4-11,18H2,1-3H3,(H,19,21)/t14-,15+,16+/m1/s1. The molecule has 0 heterocycles. The highest BCUT2D eigenvalue weighted by Gasteiger charge is 2.27. The van der Waals surface area contributed by atoms with Crippen molar-refractivity contribution in [2.45, 2.75) is 77.4 Å². The molecule has 1 aliphatic carbocycles. The van der Waals surface area contributed by atoms with Crippen molar-refractivity contribution >= 4 is 5.91 Å². The van der Waals surface area contributed by atoms with Gasteiger partial charge >= 0.3 is 0 Å². The summed E-state index contributed by atoms with van der Waals surface area (Å²) in [6, 6.07) is -0.201. The average Bonchev–Trinajstić information content (AvgIpc) is 2.46. The Bertz CT molecular complexity index is 301. The Kier molecular flexibility index (Phi) is 8.27. The van der Waals surface area contributed by atoms with E-state index in [9.17, 15) is 9.90 Å². The molecule has 4 nitrogen and oxygen atoms in total. The number of amides is 1. The van der Waals surface area contributed by atoms with Crippen LogP contribution in [-0.4, -0.2) is 30.2 Å². The van der Waals surface area contributed by atoms with Gasteiger partial charge in [-0.05, 0) is 31.1 Å². The molecule has 0 spiro atoms. The van der Waals surface area contributed by atoms with Gasteiger partial charge in [0.25, 0.3) is 0 Å². The van der Waals surface area contributed by atoms with Crippen molar-refractivity contribution in [1.82, 2.24) is 5.32 Å². The summed E-state index contributed by atoms with van der Waals surface area (Å²) >= 11 is 0. The number of aliphatic hydroxyl groups is 1. The molecule has 4 heteroatoms. The van der Waals surface area contributed by atoms with Crippen LogP contribution in [0.4, 0.5) is 0 Å². The molecule has 1 rings (SSSR count). The molecule has 0 aromatic carbocycles. The zero-order valence-corrected chi connectivity index (χ0v) is 14.0. The third-order valence-corrected chi connectivity index (χ3v) is 4.72. The van der Waals surface area contributed by atoms with Crippen molar-refractivity contribution in [2.24, 2.45) is 23.5 Å². The zero-order valence-electron chi connectivity index (χ0n) is 14.0. The van der Waals surface area contributed by atoms with Crippen molar-refractivity contribution in [2.75, 3.05) is 7.05 Å². The Balaban J connectivity index is 2.46. The van der Waals surface area contributed by atoms with Crippen LogP contribution in [0.5, 0.6) is 0 Å². The number of aliphatic hydroxyl groups excluding tert-OH is 1. The first-order chi connectivity index (χ1) is 9.93. The number of carbonyl (C=O) groups is 1. The molecule has 0 radical (unpaired) electrons. The van der Waals surface area contributed by atoms with Gasteiger partial charge in [-0.25, -0.2) is 0 Å². The Morgan fingerprint density at radius 2 is 1.86 bits per heavy atom. The lowest BCUT2D eigenvalue weighted by atomic mass is 9.82. The van der Waals surface area contributed by atoms with Gasteiger partial charge in [-0.2, -0.15) is 0 Å². The monoisotopic (exact) mass is 298 g/mol. The van der Waals surface area contributed by atoms with E-state index in [1.54, 1.807) is 7.05 Å². The maximum Gasteiger partial charge on any atom is 0.222 e. The van der Waals surface area contributed by atoms with Crippen LogP contribution in [0.1, 0.15) is 65.2 Å². The SMILES string of the molecule is CNC(=O)[C@H](CC(C)C)C[C@H](O)[C@@H](N)CC1CCCCC1. The average molecular weight is 298 g/mol. The molecule has 124 valence electrons. The first kappa shape index (κ1) is 18.4. The minimum atomic E-state index is -0.576. The Hall–Kier alpha value is -0.610. The molecule has 0 saturated heterocycles. The highest BCUT2D eigenvalue weighted by molar-refractivity contribution is 5.78. The van der Waals surface area contributed by atoms with Gasteiger partial charge in [0.2, 0.25) is 5.91 Å². The molecule has 0 aromatic heterocycles. The van der Waals surface area contributed by atoms with Crippen LogP contribution < -0.4 is 11.1 Å². The summed E-state index contributed by atoms with van der Waals surface area (Å²) in [5.74, 6) is 0.982. The summed E-state index contributed by atoms with van der Waals surface area (Å²) in [5, 5.41) is 13.1. The van der Waals surface area contributed by atoms with Crippen LogP contribution in [0.3, 0.4) is 0 Å². The van der Waals surface area contributed by atoms with E-state index in [4.69, 9.17) is 5.73 Å². The Morgan fingerprint density at radius 3 is 2.38 bits per heavy atom. The first-order valence-electron chi connectivity index (χ1n) is 8.59. The van der Waals surface area contributed by atoms with Crippen LogP contribution in [0.25, 0.3) is 0 Å². The molecule has 0 aromatic rings. The lowest BCUT2D eigenvalue weighted by molar-refractivity contribution is -0.126. The topological polar surface area (TPSA) is 75.3 Å². The highest BCUT2D eigenvalue weighted by Crippen LogP contribution is 2.28. The highest BCUT2D eigenvalue weighted by atomic mass is 16.3. The lowest BCUT2D eigenvalue weighted by Crippen LogP contribution is -2.40. The fourth-order valence-electron chi connectivity index (χ4n) is 3.51. The van der Waals surface area contributed by atoms with E-state index >= 15 is 0 Å². The summed E-state index contributed by atoms with van der Waals surface area (Å²) in [6.07, 6.45) is 8.00. The van der Waals surface area contributed by atoms with Crippen molar-refractivity contribution in [3.8, 4) is 0 Å². The second kappa shape index (κ2) is 9.42. The number of nitrogens with one attached hydrogen (secondary N) is 1. The normalized spacial score (nSPS) is 21.0. The smallest absolute Gasteiger partial charge is 0.222 e. The van der Waals surface area contributed by atoms with E-state index in [0.717, 1.165) is 12.8 Å². The van der Waals surface area contributed by atoms with Crippen molar-refractivity contribution in [3.05, 3.63) is 0 Å². The predicted octanol–water partition coefficient (Wildman–Crippen LogP) is 2.44. The van der Waals surface area contributed by atoms with Gasteiger partial charge in [-0.1, -0.05) is 46.0 Å². The molecule has 1 fully saturated rings. The van der Waals surface area contributed by atoms with Crippen LogP contribution in [0.15, 0.2) is 0 Å². The molecule has 3 atom stereocenters. The van der Waals surface area contributed by atoms with Crippen LogP contribution >= 0.6 is 0 Å². The second-order valence-electron chi connectivity index (χ2n) is 7.15. The fourth-order valence-corrected chi connectivity index (χ4v) is 3.51. The minimum absolute atomic E-state index is 0.0209. The van der Waals surface area contributed by atoms with Crippen LogP contribution in [0, 0.1) is 17.8 Å². The number of nitrogens with two attached hydrogens (primary N) is 1. The lowest BCUT2D eigenvalue weighted by Gasteiger charge is -2.29. The molecule has 1 saturated carbocycles. The molecular formula is C17H34N2O2. The molecule has 0 aliphatic heterocycles. The van der Waals surface area contributed by atoms with E-state index in [2.05, 4.69) is 19.2 Å². The zero-order chi connectivity index (χ0) is 15.8. The number of hydrogen-bond acceptors (Lipinski definition) is 3. The van der Waals surface area contributed by atoms with Gasteiger partial charge in [0.05, 0.1) is 6.10 Å². The summed E-state index contributed by atoms with van der Waals surface area (Å²) in [5.41, 5.74) is 6.19. The number of carbonyl (C=O) groups excluding carboxylic acids is 1.